The van der Waals surface area contributed by atoms with Crippen molar-refractivity contribution in [2.45, 2.75) is 46.2 Å². The first-order chi connectivity index (χ1) is 17.6. The highest BCUT2D eigenvalue weighted by Crippen LogP contribution is 2.32. The van der Waals surface area contributed by atoms with E-state index >= 15 is 0 Å². The van der Waals surface area contributed by atoms with Crippen molar-refractivity contribution in [2.24, 2.45) is 0 Å². The summed E-state index contributed by atoms with van der Waals surface area (Å²) in [6, 6.07) is 26.0. The van der Waals surface area contributed by atoms with Gasteiger partial charge < -0.3 is 4.74 Å². The van der Waals surface area contributed by atoms with Crippen LogP contribution in [0.15, 0.2) is 85.1 Å². The highest BCUT2D eigenvalue weighted by molar-refractivity contribution is 5.69. The molecule has 0 amide bonds. The van der Waals surface area contributed by atoms with Gasteiger partial charge in [0.05, 0.1) is 12.8 Å². The standard InChI is InChI=1S/C32H35FN2O/c1-4-25-15-11-16-26(5-2)32(25)30-20-31(36-3)28(21-34-30)23-35(19-18-24-12-7-6-8-13-24)22-27-14-9-10-17-29(27)33/h6-17,20-21H,4-5,18-19,22-23H2,1-3H3. The molecule has 0 saturated carbocycles. The molecule has 0 aliphatic rings. The molecule has 0 aliphatic heterocycles. The molecule has 0 bridgehead atoms. The number of pyridine rings is 1. The minimum absolute atomic E-state index is 0.175. The molecule has 0 N–H and O–H groups in total. The van der Waals surface area contributed by atoms with Crippen LogP contribution < -0.4 is 4.74 Å². The van der Waals surface area contributed by atoms with E-state index in [-0.39, 0.29) is 5.82 Å². The highest BCUT2D eigenvalue weighted by atomic mass is 19.1. The summed E-state index contributed by atoms with van der Waals surface area (Å²) < 4.78 is 20.4. The predicted octanol–water partition coefficient (Wildman–Crippen LogP) is 7.27. The Morgan fingerprint density at radius 1 is 0.778 bits per heavy atom. The maximum absolute atomic E-state index is 14.5. The van der Waals surface area contributed by atoms with Crippen molar-refractivity contribution >= 4 is 0 Å². The number of hydrogen-bond acceptors (Lipinski definition) is 3. The van der Waals surface area contributed by atoms with Crippen LogP contribution in [0.2, 0.25) is 0 Å². The van der Waals surface area contributed by atoms with Crippen LogP contribution in [0.4, 0.5) is 4.39 Å². The van der Waals surface area contributed by atoms with Crippen molar-refractivity contribution in [1.29, 1.82) is 0 Å². The minimum Gasteiger partial charge on any atom is -0.496 e. The van der Waals surface area contributed by atoms with E-state index in [2.05, 4.69) is 67.3 Å². The highest BCUT2D eigenvalue weighted by Gasteiger charge is 2.17. The van der Waals surface area contributed by atoms with Crippen molar-refractivity contribution in [3.05, 3.63) is 119 Å². The quantitative estimate of drug-likeness (QED) is 0.225. The normalized spacial score (nSPS) is 11.1. The van der Waals surface area contributed by atoms with E-state index < -0.39 is 0 Å². The lowest BCUT2D eigenvalue weighted by Gasteiger charge is -2.24. The molecule has 0 fully saturated rings. The zero-order valence-corrected chi connectivity index (χ0v) is 21.5. The predicted molar refractivity (Wildman–Crippen MR) is 146 cm³/mol. The van der Waals surface area contributed by atoms with E-state index in [9.17, 15) is 4.39 Å². The molecule has 0 unspecified atom stereocenters. The summed E-state index contributed by atoms with van der Waals surface area (Å²) >= 11 is 0. The molecule has 1 aromatic heterocycles. The Bertz CT molecular complexity index is 1250. The van der Waals surface area contributed by atoms with Gasteiger partial charge in [-0.15, -0.1) is 0 Å². The van der Waals surface area contributed by atoms with Crippen LogP contribution in [0.3, 0.4) is 0 Å². The van der Waals surface area contributed by atoms with E-state index in [1.807, 2.05) is 24.4 Å². The zero-order valence-electron chi connectivity index (χ0n) is 21.5. The van der Waals surface area contributed by atoms with Crippen LogP contribution in [0.1, 0.15) is 41.7 Å². The molecule has 0 spiro atoms. The molecule has 4 rings (SSSR count). The van der Waals surface area contributed by atoms with Gasteiger partial charge in [-0.2, -0.15) is 0 Å². The first-order valence-corrected chi connectivity index (χ1v) is 12.8. The Morgan fingerprint density at radius 2 is 1.42 bits per heavy atom. The molecule has 186 valence electrons. The summed E-state index contributed by atoms with van der Waals surface area (Å²) in [5, 5.41) is 0. The maximum Gasteiger partial charge on any atom is 0.127 e. The number of methoxy groups -OCH3 is 1. The Morgan fingerprint density at radius 3 is 2.08 bits per heavy atom. The second kappa shape index (κ2) is 12.5. The molecule has 4 aromatic rings. The Balaban J connectivity index is 1.63. The zero-order chi connectivity index (χ0) is 25.3. The molecular formula is C32H35FN2O. The lowest BCUT2D eigenvalue weighted by Crippen LogP contribution is -2.26. The summed E-state index contributed by atoms with van der Waals surface area (Å²) in [5.74, 6) is 0.636. The third-order valence-electron chi connectivity index (χ3n) is 6.72. The topological polar surface area (TPSA) is 25.4 Å². The van der Waals surface area contributed by atoms with Gasteiger partial charge in [-0.1, -0.05) is 80.6 Å². The molecule has 36 heavy (non-hydrogen) atoms. The largest absolute Gasteiger partial charge is 0.496 e. The SMILES string of the molecule is CCc1cccc(CC)c1-c1cc(OC)c(CN(CCc2ccccc2)Cc2ccccc2F)cn1. The van der Waals surface area contributed by atoms with Crippen molar-refractivity contribution in [2.75, 3.05) is 13.7 Å². The number of aryl methyl sites for hydroxylation is 2. The van der Waals surface area contributed by atoms with E-state index in [1.54, 1.807) is 13.2 Å². The molecule has 1 heterocycles. The number of halogens is 1. The second-order valence-corrected chi connectivity index (χ2v) is 9.08. The summed E-state index contributed by atoms with van der Waals surface area (Å²) in [6.07, 6.45) is 4.71. The molecule has 0 radical (unpaired) electrons. The van der Waals surface area contributed by atoms with Crippen LogP contribution in [0.5, 0.6) is 5.75 Å². The minimum atomic E-state index is -0.175. The Kier molecular flexibility index (Phi) is 8.85. The average molecular weight is 483 g/mol. The van der Waals surface area contributed by atoms with E-state index in [4.69, 9.17) is 9.72 Å². The fourth-order valence-electron chi connectivity index (χ4n) is 4.74. The second-order valence-electron chi connectivity index (χ2n) is 9.08. The third kappa shape index (κ3) is 6.19. The van der Waals surface area contributed by atoms with Crippen LogP contribution >= 0.6 is 0 Å². The number of benzene rings is 3. The van der Waals surface area contributed by atoms with Gasteiger partial charge in [0, 0.05) is 48.6 Å². The first-order valence-electron chi connectivity index (χ1n) is 12.8. The van der Waals surface area contributed by atoms with Gasteiger partial charge in [0.2, 0.25) is 0 Å². The molecule has 0 atom stereocenters. The summed E-state index contributed by atoms with van der Waals surface area (Å²) in [6.45, 7) is 6.28. The Labute approximate surface area is 214 Å². The molecule has 0 saturated heterocycles. The number of hydrogen-bond donors (Lipinski definition) is 0. The summed E-state index contributed by atoms with van der Waals surface area (Å²) in [4.78, 5) is 7.16. The van der Waals surface area contributed by atoms with Crippen molar-refractivity contribution in [1.82, 2.24) is 9.88 Å². The van der Waals surface area contributed by atoms with Crippen molar-refractivity contribution < 1.29 is 9.13 Å². The lowest BCUT2D eigenvalue weighted by molar-refractivity contribution is 0.251. The van der Waals surface area contributed by atoms with Crippen molar-refractivity contribution in [3.8, 4) is 17.0 Å². The van der Waals surface area contributed by atoms with E-state index in [0.29, 0.717) is 18.7 Å². The molecule has 3 nitrogen and oxygen atoms in total. The fourth-order valence-corrected chi connectivity index (χ4v) is 4.74. The van der Waals surface area contributed by atoms with Gasteiger partial charge in [0.1, 0.15) is 11.6 Å². The van der Waals surface area contributed by atoms with Crippen molar-refractivity contribution in [3.63, 3.8) is 0 Å². The smallest absolute Gasteiger partial charge is 0.127 e. The maximum atomic E-state index is 14.5. The number of nitrogens with zero attached hydrogens (tertiary/aromatic N) is 2. The van der Waals surface area contributed by atoms with Crippen LogP contribution in [0.25, 0.3) is 11.3 Å². The lowest BCUT2D eigenvalue weighted by atomic mass is 9.94. The first kappa shape index (κ1) is 25.6. The van der Waals surface area contributed by atoms with Gasteiger partial charge in [-0.05, 0) is 42.0 Å². The van der Waals surface area contributed by atoms with Crippen LogP contribution in [0, 0.1) is 5.82 Å². The summed E-state index contributed by atoms with van der Waals surface area (Å²) in [5.41, 5.74) is 7.69. The Hall–Kier alpha value is -3.50. The third-order valence-corrected chi connectivity index (χ3v) is 6.72. The van der Waals surface area contributed by atoms with Crippen LogP contribution in [-0.2, 0) is 32.4 Å². The number of rotatable bonds is 11. The van der Waals surface area contributed by atoms with Gasteiger partial charge in [0.15, 0.2) is 0 Å². The van der Waals surface area contributed by atoms with Gasteiger partial charge in [0.25, 0.3) is 0 Å². The van der Waals surface area contributed by atoms with Gasteiger partial charge in [-0.25, -0.2) is 4.39 Å². The molecular weight excluding hydrogens is 447 g/mol. The van der Waals surface area contributed by atoms with Crippen LogP contribution in [-0.4, -0.2) is 23.5 Å². The molecule has 3 aromatic carbocycles. The molecule has 4 heteroatoms. The average Bonchev–Trinajstić information content (AvgIpc) is 2.93. The van der Waals surface area contributed by atoms with E-state index in [0.717, 1.165) is 42.8 Å². The van der Waals surface area contributed by atoms with Gasteiger partial charge >= 0.3 is 0 Å². The van der Waals surface area contributed by atoms with Gasteiger partial charge in [-0.3, -0.25) is 9.88 Å². The van der Waals surface area contributed by atoms with E-state index in [1.165, 1.54) is 28.3 Å². The fraction of sp³-hybridized carbons (Fsp3) is 0.281. The summed E-state index contributed by atoms with van der Waals surface area (Å²) in [7, 11) is 1.71. The number of aromatic nitrogens is 1. The molecule has 0 aliphatic carbocycles. The number of ether oxygens (including phenoxy) is 1. The monoisotopic (exact) mass is 482 g/mol.